The molecule has 0 radical (unpaired) electrons. The van der Waals surface area contributed by atoms with E-state index in [1.807, 2.05) is 53.4 Å². The topological polar surface area (TPSA) is 73.8 Å². The van der Waals surface area contributed by atoms with Gasteiger partial charge in [0.05, 0.1) is 11.2 Å². The van der Waals surface area contributed by atoms with Crippen molar-refractivity contribution in [3.63, 3.8) is 0 Å². The Morgan fingerprint density at radius 2 is 1.84 bits per heavy atom. The molecule has 9 heteroatoms. The SMILES string of the molecule is CC(C)(C)OC(=O)N1CCC[C@H](CCCSc2ncc(B3OC(C)(C)C(C)(C)O3)cn2)C1. The standard InChI is InChI=1S/C23H38BN3O4S/c1-21(2,3)29-20(28)27-12-8-10-17(16-27)11-9-13-32-19-25-14-18(15-26-19)24-30-22(4,5)23(6,7)31-24/h14-15,17H,8-13,16H2,1-7H3/t17-/m1/s1. The van der Waals surface area contributed by atoms with Crippen LogP contribution < -0.4 is 5.46 Å². The van der Waals surface area contributed by atoms with Crippen LogP contribution in [0.4, 0.5) is 4.79 Å². The first-order valence-corrected chi connectivity index (χ1v) is 12.6. The van der Waals surface area contributed by atoms with Crippen LogP contribution >= 0.6 is 11.8 Å². The van der Waals surface area contributed by atoms with Gasteiger partial charge >= 0.3 is 13.2 Å². The molecule has 2 aliphatic heterocycles. The summed E-state index contributed by atoms with van der Waals surface area (Å²) < 4.78 is 17.7. The number of rotatable bonds is 6. The lowest BCUT2D eigenvalue weighted by Crippen LogP contribution is -2.42. The number of thioether (sulfide) groups is 1. The predicted molar refractivity (Wildman–Crippen MR) is 128 cm³/mol. The van der Waals surface area contributed by atoms with E-state index in [2.05, 4.69) is 9.97 Å². The number of aromatic nitrogens is 2. The first kappa shape index (κ1) is 25.3. The Balaban J connectivity index is 1.40. The van der Waals surface area contributed by atoms with E-state index in [1.165, 1.54) is 6.42 Å². The van der Waals surface area contributed by atoms with E-state index in [-0.39, 0.29) is 17.3 Å². The van der Waals surface area contributed by atoms with E-state index in [9.17, 15) is 4.79 Å². The third kappa shape index (κ3) is 6.61. The van der Waals surface area contributed by atoms with E-state index in [4.69, 9.17) is 14.0 Å². The maximum Gasteiger partial charge on any atom is 0.498 e. The summed E-state index contributed by atoms with van der Waals surface area (Å²) >= 11 is 1.67. The van der Waals surface area contributed by atoms with Gasteiger partial charge in [0.2, 0.25) is 0 Å². The summed E-state index contributed by atoms with van der Waals surface area (Å²) in [5.74, 6) is 1.49. The van der Waals surface area contributed by atoms with Gasteiger partial charge in [-0.3, -0.25) is 0 Å². The summed E-state index contributed by atoms with van der Waals surface area (Å²) in [4.78, 5) is 23.2. The zero-order chi connectivity index (χ0) is 23.6. The molecule has 0 aromatic carbocycles. The van der Waals surface area contributed by atoms with Gasteiger partial charge in [0.25, 0.3) is 0 Å². The molecule has 7 nitrogen and oxygen atoms in total. The van der Waals surface area contributed by atoms with Crippen molar-refractivity contribution in [2.45, 2.75) is 96.1 Å². The zero-order valence-electron chi connectivity index (χ0n) is 20.6. The van der Waals surface area contributed by atoms with Crippen molar-refractivity contribution in [2.24, 2.45) is 5.92 Å². The van der Waals surface area contributed by atoms with Crippen LogP contribution in [0.5, 0.6) is 0 Å². The van der Waals surface area contributed by atoms with Crippen LogP contribution in [0.2, 0.25) is 0 Å². The van der Waals surface area contributed by atoms with Crippen molar-refractivity contribution in [1.29, 1.82) is 0 Å². The van der Waals surface area contributed by atoms with E-state index >= 15 is 0 Å². The summed E-state index contributed by atoms with van der Waals surface area (Å²) in [6.45, 7) is 15.5. The number of carbonyl (C=O) groups excluding carboxylic acids is 1. The van der Waals surface area contributed by atoms with Gasteiger partial charge in [-0.25, -0.2) is 14.8 Å². The molecule has 3 rings (SSSR count). The van der Waals surface area contributed by atoms with Gasteiger partial charge in [-0.05, 0) is 80.1 Å². The first-order valence-electron chi connectivity index (χ1n) is 11.6. The second kappa shape index (κ2) is 9.89. The Bertz CT molecular complexity index is 766. The molecule has 1 amide bonds. The van der Waals surface area contributed by atoms with Crippen molar-refractivity contribution in [3.8, 4) is 0 Å². The molecule has 178 valence electrons. The maximum atomic E-state index is 12.3. The fourth-order valence-electron chi connectivity index (χ4n) is 3.83. The second-order valence-corrected chi connectivity index (χ2v) is 11.9. The molecule has 0 saturated carbocycles. The number of hydrogen-bond acceptors (Lipinski definition) is 7. The van der Waals surface area contributed by atoms with Gasteiger partial charge in [-0.15, -0.1) is 0 Å². The van der Waals surface area contributed by atoms with Crippen LogP contribution in [0, 0.1) is 5.92 Å². The zero-order valence-corrected chi connectivity index (χ0v) is 21.5. The highest BCUT2D eigenvalue weighted by Gasteiger charge is 2.51. The summed E-state index contributed by atoms with van der Waals surface area (Å²) in [5, 5.41) is 0.768. The van der Waals surface area contributed by atoms with E-state index in [1.54, 1.807) is 24.2 Å². The van der Waals surface area contributed by atoms with Crippen molar-refractivity contribution < 1.29 is 18.8 Å². The Hall–Kier alpha value is -1.32. The number of hydrogen-bond donors (Lipinski definition) is 0. The molecule has 1 aromatic rings. The molecule has 3 heterocycles. The lowest BCUT2D eigenvalue weighted by atomic mass is 9.81. The number of likely N-dealkylation sites (tertiary alicyclic amines) is 1. The number of carbonyl (C=O) groups is 1. The Kier molecular flexibility index (Phi) is 7.83. The third-order valence-corrected chi connectivity index (χ3v) is 7.29. The average Bonchev–Trinajstić information content (AvgIpc) is 2.92. The monoisotopic (exact) mass is 463 g/mol. The highest BCUT2D eigenvalue weighted by Crippen LogP contribution is 2.36. The van der Waals surface area contributed by atoms with E-state index in [0.29, 0.717) is 5.92 Å². The molecular formula is C23H38BN3O4S. The van der Waals surface area contributed by atoms with Gasteiger partial charge < -0.3 is 18.9 Å². The summed E-state index contributed by atoms with van der Waals surface area (Å²) in [5.41, 5.74) is -0.344. The minimum atomic E-state index is -0.446. The van der Waals surface area contributed by atoms with E-state index in [0.717, 1.165) is 48.7 Å². The smallest absolute Gasteiger partial charge is 0.444 e. The van der Waals surface area contributed by atoms with Gasteiger partial charge in [0, 0.05) is 36.7 Å². The molecule has 0 aliphatic carbocycles. The maximum absolute atomic E-state index is 12.3. The molecule has 0 N–H and O–H groups in total. The van der Waals surface area contributed by atoms with Crippen LogP contribution in [0.1, 0.15) is 74.1 Å². The lowest BCUT2D eigenvalue weighted by Gasteiger charge is -2.34. The number of amides is 1. The van der Waals surface area contributed by atoms with Crippen LogP contribution in [0.25, 0.3) is 0 Å². The first-order chi connectivity index (χ1) is 14.9. The van der Waals surface area contributed by atoms with Crippen molar-refractivity contribution in [1.82, 2.24) is 14.9 Å². The second-order valence-electron chi connectivity index (χ2n) is 10.8. The highest BCUT2D eigenvalue weighted by atomic mass is 32.2. The molecule has 1 atom stereocenters. The Morgan fingerprint density at radius 3 is 2.44 bits per heavy atom. The largest absolute Gasteiger partial charge is 0.498 e. The third-order valence-electron chi connectivity index (χ3n) is 6.33. The van der Waals surface area contributed by atoms with Crippen molar-refractivity contribution >= 4 is 30.4 Å². The minimum absolute atomic E-state index is 0.188. The van der Waals surface area contributed by atoms with Crippen molar-refractivity contribution in [3.05, 3.63) is 12.4 Å². The van der Waals surface area contributed by atoms with Gasteiger partial charge in [0.1, 0.15) is 5.60 Å². The summed E-state index contributed by atoms with van der Waals surface area (Å²) in [6.07, 6.45) is 7.79. The molecule has 2 saturated heterocycles. The number of nitrogens with zero attached hydrogens (tertiary/aromatic N) is 3. The van der Waals surface area contributed by atoms with Gasteiger partial charge in [-0.1, -0.05) is 11.8 Å². The van der Waals surface area contributed by atoms with Crippen molar-refractivity contribution in [2.75, 3.05) is 18.8 Å². The molecule has 2 aliphatic rings. The molecule has 1 aromatic heterocycles. The number of ether oxygens (including phenoxy) is 1. The van der Waals surface area contributed by atoms with E-state index < -0.39 is 12.7 Å². The minimum Gasteiger partial charge on any atom is -0.444 e. The quantitative estimate of drug-likeness (QED) is 0.270. The molecule has 0 spiro atoms. The number of piperidine rings is 1. The Morgan fingerprint density at radius 1 is 1.22 bits per heavy atom. The molecule has 2 fully saturated rings. The molecular weight excluding hydrogens is 425 g/mol. The van der Waals surface area contributed by atoms with Crippen LogP contribution in [0.15, 0.2) is 17.6 Å². The summed E-state index contributed by atoms with van der Waals surface area (Å²) in [6, 6.07) is 0. The fourth-order valence-corrected chi connectivity index (χ4v) is 4.58. The normalized spacial score (nSPS) is 22.8. The molecule has 32 heavy (non-hydrogen) atoms. The lowest BCUT2D eigenvalue weighted by molar-refractivity contribution is 0.00578. The fraction of sp³-hybridized carbons (Fsp3) is 0.783. The highest BCUT2D eigenvalue weighted by molar-refractivity contribution is 7.99. The van der Waals surface area contributed by atoms with Crippen LogP contribution in [0.3, 0.4) is 0 Å². The van der Waals surface area contributed by atoms with Crippen LogP contribution in [-0.2, 0) is 14.0 Å². The Labute approximate surface area is 197 Å². The van der Waals surface area contributed by atoms with Gasteiger partial charge in [-0.2, -0.15) is 0 Å². The summed E-state index contributed by atoms with van der Waals surface area (Å²) in [7, 11) is -0.432. The predicted octanol–water partition coefficient (Wildman–Crippen LogP) is 4.30. The van der Waals surface area contributed by atoms with Crippen LogP contribution in [-0.4, -0.2) is 63.7 Å². The van der Waals surface area contributed by atoms with Gasteiger partial charge in [0.15, 0.2) is 5.16 Å². The average molecular weight is 463 g/mol. The molecule has 0 unspecified atom stereocenters. The molecule has 0 bridgehead atoms.